The highest BCUT2D eigenvalue weighted by atomic mass is 35.5. The predicted octanol–water partition coefficient (Wildman–Crippen LogP) is 2.26. The second kappa shape index (κ2) is 7.51. The highest BCUT2D eigenvalue weighted by Gasteiger charge is 2.27. The van der Waals surface area contributed by atoms with E-state index in [0.717, 1.165) is 0 Å². The van der Waals surface area contributed by atoms with E-state index < -0.39 is 11.7 Å². The molecular weight excluding hydrogens is 401 g/mol. The quantitative estimate of drug-likeness (QED) is 0.706. The molecule has 1 fully saturated rings. The summed E-state index contributed by atoms with van der Waals surface area (Å²) in [7, 11) is 1.48. The van der Waals surface area contributed by atoms with E-state index in [0.29, 0.717) is 22.8 Å². The zero-order chi connectivity index (χ0) is 20.5. The van der Waals surface area contributed by atoms with Gasteiger partial charge < -0.3 is 15.0 Å². The molecular formula is C19H15ClFN5O3. The van der Waals surface area contributed by atoms with E-state index in [9.17, 15) is 14.0 Å². The molecule has 4 rings (SSSR count). The van der Waals surface area contributed by atoms with Gasteiger partial charge in [0.2, 0.25) is 11.8 Å². The number of pyridine rings is 1. The Morgan fingerprint density at radius 1 is 1.28 bits per heavy atom. The Balaban J connectivity index is 1.84. The number of methoxy groups -OCH3 is 1. The summed E-state index contributed by atoms with van der Waals surface area (Å²) in [5.41, 5.74) is 1.55. The first kappa shape index (κ1) is 18.9. The van der Waals surface area contributed by atoms with Crippen molar-refractivity contribution in [3.05, 3.63) is 59.1 Å². The molecule has 10 heteroatoms. The maximum atomic E-state index is 14.0. The van der Waals surface area contributed by atoms with E-state index in [-0.39, 0.29) is 29.8 Å². The lowest BCUT2D eigenvalue weighted by atomic mass is 10.1. The SMILES string of the molecule is COc1cc(-n2nc(C(=O)N3CNC(=O)C3)cc2-c2cc(F)cc(Cl)c2)ccn1. The number of nitrogens with zero attached hydrogens (tertiary/aromatic N) is 4. The Bertz CT molecular complexity index is 1100. The average Bonchev–Trinajstić information content (AvgIpc) is 3.33. The molecule has 148 valence electrons. The molecule has 0 unspecified atom stereocenters. The van der Waals surface area contributed by atoms with Crippen molar-refractivity contribution in [3.8, 4) is 22.8 Å². The normalized spacial score (nSPS) is 13.5. The van der Waals surface area contributed by atoms with Crippen molar-refractivity contribution >= 4 is 23.4 Å². The third kappa shape index (κ3) is 3.77. The van der Waals surface area contributed by atoms with Crippen molar-refractivity contribution in [1.82, 2.24) is 25.0 Å². The molecule has 0 atom stereocenters. The smallest absolute Gasteiger partial charge is 0.276 e. The van der Waals surface area contributed by atoms with Crippen LogP contribution in [0.1, 0.15) is 10.5 Å². The van der Waals surface area contributed by atoms with Crippen molar-refractivity contribution in [2.45, 2.75) is 0 Å². The molecule has 0 aliphatic carbocycles. The Morgan fingerprint density at radius 3 is 2.79 bits per heavy atom. The van der Waals surface area contributed by atoms with Gasteiger partial charge in [-0.05, 0) is 30.3 Å². The first-order valence-electron chi connectivity index (χ1n) is 8.57. The van der Waals surface area contributed by atoms with Crippen LogP contribution in [0.2, 0.25) is 5.02 Å². The van der Waals surface area contributed by atoms with E-state index >= 15 is 0 Å². The number of carbonyl (C=O) groups is 2. The second-order valence-electron chi connectivity index (χ2n) is 6.30. The summed E-state index contributed by atoms with van der Waals surface area (Å²) in [6, 6.07) is 8.90. The molecule has 0 bridgehead atoms. The lowest BCUT2D eigenvalue weighted by molar-refractivity contribution is -0.118. The molecule has 2 aromatic heterocycles. The molecule has 2 amide bonds. The summed E-state index contributed by atoms with van der Waals surface area (Å²) in [5.74, 6) is -0.834. The van der Waals surface area contributed by atoms with E-state index in [1.807, 2.05) is 0 Å². The van der Waals surface area contributed by atoms with Crippen LogP contribution in [0.5, 0.6) is 5.88 Å². The maximum Gasteiger partial charge on any atom is 0.276 e. The molecule has 3 heterocycles. The summed E-state index contributed by atoms with van der Waals surface area (Å²) >= 11 is 6.01. The third-order valence-corrected chi connectivity index (χ3v) is 4.57. The number of hydrogen-bond donors (Lipinski definition) is 1. The molecule has 1 N–H and O–H groups in total. The number of ether oxygens (including phenoxy) is 1. The van der Waals surface area contributed by atoms with Crippen LogP contribution in [-0.4, -0.2) is 51.8 Å². The van der Waals surface area contributed by atoms with Crippen LogP contribution in [0.15, 0.2) is 42.6 Å². The number of nitrogens with one attached hydrogen (secondary N) is 1. The van der Waals surface area contributed by atoms with Gasteiger partial charge in [-0.1, -0.05) is 11.6 Å². The molecule has 29 heavy (non-hydrogen) atoms. The summed E-state index contributed by atoms with van der Waals surface area (Å²) in [5, 5.41) is 7.18. The van der Waals surface area contributed by atoms with E-state index in [1.165, 1.54) is 41.1 Å². The van der Waals surface area contributed by atoms with Gasteiger partial charge in [-0.2, -0.15) is 5.10 Å². The van der Waals surface area contributed by atoms with Gasteiger partial charge in [0.15, 0.2) is 5.69 Å². The topological polar surface area (TPSA) is 89.4 Å². The fourth-order valence-electron chi connectivity index (χ4n) is 3.01. The van der Waals surface area contributed by atoms with Gasteiger partial charge in [0, 0.05) is 22.8 Å². The number of halogens is 2. The number of carbonyl (C=O) groups excluding carboxylic acids is 2. The summed E-state index contributed by atoms with van der Waals surface area (Å²) < 4.78 is 20.6. The molecule has 0 saturated carbocycles. The monoisotopic (exact) mass is 415 g/mol. The third-order valence-electron chi connectivity index (χ3n) is 4.35. The summed E-state index contributed by atoms with van der Waals surface area (Å²) in [6.45, 7) is 0.0602. The Morgan fingerprint density at radius 2 is 2.10 bits per heavy atom. The standard InChI is InChI=1S/C19H15ClFN5O3/c1-29-18-7-14(2-3-22-18)26-16(11-4-12(20)6-13(21)5-11)8-15(24-26)19(28)25-9-17(27)23-10-25/h2-8H,9-10H2,1H3,(H,23,27). The number of rotatable bonds is 4. The number of benzene rings is 1. The molecule has 1 aromatic carbocycles. The highest BCUT2D eigenvalue weighted by Crippen LogP contribution is 2.28. The first-order chi connectivity index (χ1) is 13.9. The molecule has 1 saturated heterocycles. The number of aromatic nitrogens is 3. The molecule has 1 aliphatic rings. The maximum absolute atomic E-state index is 14.0. The van der Waals surface area contributed by atoms with Gasteiger partial charge >= 0.3 is 0 Å². The van der Waals surface area contributed by atoms with Gasteiger partial charge in [-0.15, -0.1) is 0 Å². The molecule has 8 nitrogen and oxygen atoms in total. The van der Waals surface area contributed by atoms with Crippen LogP contribution < -0.4 is 10.1 Å². The van der Waals surface area contributed by atoms with E-state index in [4.69, 9.17) is 16.3 Å². The summed E-state index contributed by atoms with van der Waals surface area (Å²) in [6.07, 6.45) is 1.53. The van der Waals surface area contributed by atoms with Gasteiger partial charge in [-0.25, -0.2) is 14.1 Å². The van der Waals surface area contributed by atoms with Crippen molar-refractivity contribution in [2.24, 2.45) is 0 Å². The molecule has 1 aliphatic heterocycles. The lowest BCUT2D eigenvalue weighted by Crippen LogP contribution is -2.30. The van der Waals surface area contributed by atoms with E-state index in [1.54, 1.807) is 18.2 Å². The van der Waals surface area contributed by atoms with Crippen LogP contribution in [0, 0.1) is 5.82 Å². The van der Waals surface area contributed by atoms with Crippen LogP contribution in [-0.2, 0) is 4.79 Å². The lowest BCUT2D eigenvalue weighted by Gasteiger charge is -2.10. The number of hydrogen-bond acceptors (Lipinski definition) is 5. The average molecular weight is 416 g/mol. The van der Waals surface area contributed by atoms with Crippen molar-refractivity contribution in [2.75, 3.05) is 20.3 Å². The zero-order valence-electron chi connectivity index (χ0n) is 15.2. The van der Waals surface area contributed by atoms with E-state index in [2.05, 4.69) is 15.4 Å². The summed E-state index contributed by atoms with van der Waals surface area (Å²) in [4.78, 5) is 29.6. The zero-order valence-corrected chi connectivity index (χ0v) is 16.0. The molecule has 0 radical (unpaired) electrons. The van der Waals surface area contributed by atoms with Gasteiger partial charge in [0.05, 0.1) is 25.2 Å². The van der Waals surface area contributed by atoms with Crippen molar-refractivity contribution < 1.29 is 18.7 Å². The minimum atomic E-state index is -0.519. The first-order valence-corrected chi connectivity index (χ1v) is 8.95. The fourth-order valence-corrected chi connectivity index (χ4v) is 3.23. The Kier molecular flexibility index (Phi) is 4.89. The Hall–Kier alpha value is -3.46. The highest BCUT2D eigenvalue weighted by molar-refractivity contribution is 6.30. The Labute approximate surface area is 169 Å². The van der Waals surface area contributed by atoms with Crippen LogP contribution in [0.3, 0.4) is 0 Å². The van der Waals surface area contributed by atoms with Crippen LogP contribution >= 0.6 is 11.6 Å². The second-order valence-corrected chi connectivity index (χ2v) is 6.74. The molecule has 3 aromatic rings. The minimum Gasteiger partial charge on any atom is -0.481 e. The van der Waals surface area contributed by atoms with Crippen LogP contribution in [0.25, 0.3) is 16.9 Å². The predicted molar refractivity (Wildman–Crippen MR) is 102 cm³/mol. The van der Waals surface area contributed by atoms with Gasteiger partial charge in [0.1, 0.15) is 12.4 Å². The largest absolute Gasteiger partial charge is 0.481 e. The fraction of sp³-hybridized carbons (Fsp3) is 0.158. The van der Waals surface area contributed by atoms with Gasteiger partial charge in [-0.3, -0.25) is 9.59 Å². The molecule has 0 spiro atoms. The minimum absolute atomic E-state index is 0.0457. The number of amides is 2. The van der Waals surface area contributed by atoms with Crippen LogP contribution in [0.4, 0.5) is 4.39 Å². The van der Waals surface area contributed by atoms with Gasteiger partial charge in [0.25, 0.3) is 5.91 Å². The van der Waals surface area contributed by atoms with Crippen molar-refractivity contribution in [1.29, 1.82) is 0 Å². The van der Waals surface area contributed by atoms with Crippen molar-refractivity contribution in [3.63, 3.8) is 0 Å².